The van der Waals surface area contributed by atoms with Crippen molar-refractivity contribution in [2.24, 2.45) is 12.0 Å². The van der Waals surface area contributed by atoms with Crippen LogP contribution >= 0.6 is 24.0 Å². The molecule has 0 saturated heterocycles. The fourth-order valence-electron chi connectivity index (χ4n) is 2.58. The van der Waals surface area contributed by atoms with Gasteiger partial charge in [0.2, 0.25) is 0 Å². The van der Waals surface area contributed by atoms with Gasteiger partial charge in [0.1, 0.15) is 5.75 Å². The first-order valence-corrected chi connectivity index (χ1v) is 8.39. The molecule has 1 heterocycles. The van der Waals surface area contributed by atoms with E-state index in [2.05, 4.69) is 53.9 Å². The second-order valence-electron chi connectivity index (χ2n) is 5.87. The third-order valence-electron chi connectivity index (χ3n) is 3.78. The van der Waals surface area contributed by atoms with Crippen LogP contribution in [0, 0.1) is 6.92 Å². The number of hydrogen-bond donors (Lipinski definition) is 2. The molecule has 5 nitrogen and oxygen atoms in total. The van der Waals surface area contributed by atoms with Crippen molar-refractivity contribution in [2.75, 3.05) is 20.2 Å². The Hall–Kier alpha value is -1.70. The summed E-state index contributed by atoms with van der Waals surface area (Å²) in [6.07, 6.45) is 5.01. The molecule has 0 aliphatic carbocycles. The van der Waals surface area contributed by atoms with Gasteiger partial charge in [0, 0.05) is 32.5 Å². The Kier molecular flexibility index (Phi) is 9.41. The predicted molar refractivity (Wildman–Crippen MR) is 115 cm³/mol. The summed E-state index contributed by atoms with van der Waals surface area (Å²) in [5.41, 5.74) is 3.66. The van der Waals surface area contributed by atoms with Crippen LogP contribution in [-0.2, 0) is 20.0 Å². The van der Waals surface area contributed by atoms with Crippen molar-refractivity contribution in [1.29, 1.82) is 0 Å². The van der Waals surface area contributed by atoms with Gasteiger partial charge in [-0.15, -0.1) is 24.0 Å². The van der Waals surface area contributed by atoms with Gasteiger partial charge in [0.05, 0.1) is 13.7 Å². The average molecular weight is 456 g/mol. The summed E-state index contributed by atoms with van der Waals surface area (Å²) in [6, 6.07) is 8.36. The van der Waals surface area contributed by atoms with Crippen molar-refractivity contribution in [1.82, 2.24) is 15.2 Å². The van der Waals surface area contributed by atoms with Crippen LogP contribution in [0.1, 0.15) is 23.6 Å². The molecule has 1 aromatic heterocycles. The zero-order chi connectivity index (χ0) is 17.4. The van der Waals surface area contributed by atoms with Gasteiger partial charge in [0.25, 0.3) is 0 Å². The molecular weight excluding hydrogens is 427 g/mol. The van der Waals surface area contributed by atoms with E-state index in [1.54, 1.807) is 7.11 Å². The lowest BCUT2D eigenvalue weighted by Gasteiger charge is -2.13. The normalized spacial score (nSPS) is 11.0. The molecule has 138 valence electrons. The monoisotopic (exact) mass is 456 g/mol. The summed E-state index contributed by atoms with van der Waals surface area (Å²) >= 11 is 0. The lowest BCUT2D eigenvalue weighted by molar-refractivity contribution is 0.409. The van der Waals surface area contributed by atoms with Crippen molar-refractivity contribution in [3.8, 4) is 5.75 Å². The SMILES string of the molecule is CCNC(=NCc1ccn(C)c1)NCCc1cc(C)ccc1OC.I. The topological polar surface area (TPSA) is 50.6 Å². The second kappa shape index (κ2) is 11.0. The molecule has 0 radical (unpaired) electrons. The molecule has 0 atom stereocenters. The number of aliphatic imine (C=N–C) groups is 1. The molecule has 0 aliphatic rings. The molecule has 25 heavy (non-hydrogen) atoms. The molecule has 1 aromatic carbocycles. The molecule has 2 N–H and O–H groups in total. The molecule has 0 unspecified atom stereocenters. The third kappa shape index (κ3) is 6.97. The minimum atomic E-state index is 0. The van der Waals surface area contributed by atoms with Crippen LogP contribution in [0.4, 0.5) is 0 Å². The van der Waals surface area contributed by atoms with Gasteiger partial charge in [-0.2, -0.15) is 0 Å². The Morgan fingerprint density at radius 1 is 1.24 bits per heavy atom. The summed E-state index contributed by atoms with van der Waals surface area (Å²) in [7, 11) is 3.74. The van der Waals surface area contributed by atoms with Crippen LogP contribution in [0.25, 0.3) is 0 Å². The maximum atomic E-state index is 5.44. The Bertz CT molecular complexity index is 682. The summed E-state index contributed by atoms with van der Waals surface area (Å²) in [6.45, 7) is 6.49. The first-order valence-electron chi connectivity index (χ1n) is 8.39. The number of halogens is 1. The highest BCUT2D eigenvalue weighted by molar-refractivity contribution is 14.0. The lowest BCUT2D eigenvalue weighted by Crippen LogP contribution is -2.38. The Morgan fingerprint density at radius 2 is 2.04 bits per heavy atom. The van der Waals surface area contributed by atoms with Crippen LogP contribution in [-0.4, -0.2) is 30.7 Å². The number of nitrogens with one attached hydrogen (secondary N) is 2. The van der Waals surface area contributed by atoms with E-state index in [4.69, 9.17) is 4.74 Å². The summed E-state index contributed by atoms with van der Waals surface area (Å²) < 4.78 is 7.47. The molecule has 0 saturated carbocycles. The average Bonchev–Trinajstić information content (AvgIpc) is 2.98. The van der Waals surface area contributed by atoms with Gasteiger partial charge >= 0.3 is 0 Å². The number of aryl methyl sites for hydroxylation is 2. The van der Waals surface area contributed by atoms with Gasteiger partial charge in [-0.3, -0.25) is 0 Å². The standard InChI is InChI=1S/C19H28N4O.HI/c1-5-20-19(22-13-16-9-11-23(3)14-16)21-10-8-17-12-15(2)6-7-18(17)24-4;/h6-7,9,11-12,14H,5,8,10,13H2,1-4H3,(H2,20,21,22);1H. The lowest BCUT2D eigenvalue weighted by atomic mass is 10.1. The predicted octanol–water partition coefficient (Wildman–Crippen LogP) is 3.26. The quantitative estimate of drug-likeness (QED) is 0.382. The van der Waals surface area contributed by atoms with Crippen LogP contribution in [0.2, 0.25) is 0 Å². The summed E-state index contributed by atoms with van der Waals surface area (Å²) in [5, 5.41) is 6.68. The van der Waals surface area contributed by atoms with Gasteiger partial charge in [-0.05, 0) is 43.5 Å². The fraction of sp³-hybridized carbons (Fsp3) is 0.421. The van der Waals surface area contributed by atoms with Crippen LogP contribution in [0.3, 0.4) is 0 Å². The highest BCUT2D eigenvalue weighted by Crippen LogP contribution is 2.19. The first kappa shape index (κ1) is 21.3. The zero-order valence-electron chi connectivity index (χ0n) is 15.5. The van der Waals surface area contributed by atoms with Crippen LogP contribution < -0.4 is 15.4 Å². The molecule has 6 heteroatoms. The van der Waals surface area contributed by atoms with Crippen LogP contribution in [0.15, 0.2) is 41.7 Å². The number of methoxy groups -OCH3 is 1. The molecule has 0 bridgehead atoms. The first-order chi connectivity index (χ1) is 11.6. The van der Waals surface area contributed by atoms with E-state index in [-0.39, 0.29) is 24.0 Å². The highest BCUT2D eigenvalue weighted by atomic mass is 127. The highest BCUT2D eigenvalue weighted by Gasteiger charge is 2.04. The zero-order valence-corrected chi connectivity index (χ0v) is 17.8. The molecule has 0 amide bonds. The fourth-order valence-corrected chi connectivity index (χ4v) is 2.58. The van der Waals surface area contributed by atoms with Gasteiger partial charge in [-0.25, -0.2) is 4.99 Å². The summed E-state index contributed by atoms with van der Waals surface area (Å²) in [4.78, 5) is 4.64. The van der Waals surface area contributed by atoms with E-state index in [1.807, 2.05) is 23.9 Å². The largest absolute Gasteiger partial charge is 0.496 e. The molecule has 2 rings (SSSR count). The third-order valence-corrected chi connectivity index (χ3v) is 3.78. The smallest absolute Gasteiger partial charge is 0.191 e. The summed E-state index contributed by atoms with van der Waals surface area (Å²) in [5.74, 6) is 1.78. The number of rotatable bonds is 7. The second-order valence-corrected chi connectivity index (χ2v) is 5.87. The molecule has 0 aliphatic heterocycles. The number of benzene rings is 1. The minimum absolute atomic E-state index is 0. The van der Waals surface area contributed by atoms with E-state index in [0.29, 0.717) is 6.54 Å². The number of hydrogen-bond acceptors (Lipinski definition) is 2. The Labute approximate surface area is 167 Å². The van der Waals surface area contributed by atoms with E-state index in [9.17, 15) is 0 Å². The maximum absolute atomic E-state index is 5.44. The number of guanidine groups is 1. The number of nitrogens with zero attached hydrogens (tertiary/aromatic N) is 2. The number of ether oxygens (including phenoxy) is 1. The van der Waals surface area contributed by atoms with Crippen molar-refractivity contribution < 1.29 is 4.74 Å². The Morgan fingerprint density at radius 3 is 2.68 bits per heavy atom. The van der Waals surface area contributed by atoms with Gasteiger partial charge < -0.3 is 19.9 Å². The van der Waals surface area contributed by atoms with Crippen LogP contribution in [0.5, 0.6) is 5.75 Å². The van der Waals surface area contributed by atoms with E-state index >= 15 is 0 Å². The molecule has 0 fully saturated rings. The van der Waals surface area contributed by atoms with Gasteiger partial charge in [0.15, 0.2) is 5.96 Å². The van der Waals surface area contributed by atoms with Crippen molar-refractivity contribution >= 4 is 29.9 Å². The minimum Gasteiger partial charge on any atom is -0.496 e. The van der Waals surface area contributed by atoms with Crippen molar-refractivity contribution in [3.05, 3.63) is 53.3 Å². The van der Waals surface area contributed by atoms with Crippen molar-refractivity contribution in [3.63, 3.8) is 0 Å². The molecule has 0 spiro atoms. The van der Waals surface area contributed by atoms with E-state index in [1.165, 1.54) is 16.7 Å². The van der Waals surface area contributed by atoms with Crippen molar-refractivity contribution in [2.45, 2.75) is 26.8 Å². The maximum Gasteiger partial charge on any atom is 0.191 e. The molecular formula is C19H29IN4O. The van der Waals surface area contributed by atoms with E-state index in [0.717, 1.165) is 31.2 Å². The van der Waals surface area contributed by atoms with E-state index < -0.39 is 0 Å². The number of aromatic nitrogens is 1. The Balaban J connectivity index is 0.00000312. The molecule has 2 aromatic rings. The van der Waals surface area contributed by atoms with Gasteiger partial charge in [-0.1, -0.05) is 17.7 Å².